The Morgan fingerprint density at radius 3 is 2.03 bits per heavy atom. The van der Waals surface area contributed by atoms with Gasteiger partial charge in [-0.05, 0) is 30.3 Å². The maximum atomic E-state index is 14.7. The number of hydrogen-bond donors (Lipinski definition) is 1. The fraction of sp³-hybridized carbons (Fsp3) is 0.0833. The van der Waals surface area contributed by atoms with E-state index in [4.69, 9.17) is 0 Å². The van der Waals surface area contributed by atoms with Crippen molar-refractivity contribution in [3.63, 3.8) is 0 Å². The molecule has 1 atom stereocenters. The number of ketones is 1. The second kappa shape index (κ2) is 7.96. The Morgan fingerprint density at radius 2 is 1.44 bits per heavy atom. The quantitative estimate of drug-likeness (QED) is 0.254. The molecule has 0 radical (unpaired) electrons. The maximum absolute atomic E-state index is 14.7. The van der Waals surface area contributed by atoms with Crippen LogP contribution in [0.25, 0.3) is 5.76 Å². The molecule has 1 amide bonds. The van der Waals surface area contributed by atoms with Crippen molar-refractivity contribution >= 4 is 23.1 Å². The summed E-state index contributed by atoms with van der Waals surface area (Å²) in [6, 6.07) is 15.6. The molecule has 1 fully saturated rings. The standard InChI is InChI=1S/C24H15F4NO3/c25-18-9-5-4-8-17(18)20-19(21(30)14-6-2-1-3-7-14)22(31)23(32)29(20)16-12-10-15(11-13-16)24(26,27)28/h1-13,20,30H/b21-19+. The van der Waals surface area contributed by atoms with E-state index < -0.39 is 41.0 Å². The SMILES string of the molecule is O=C1C(=O)N(c2ccc(C(F)(F)F)cc2)C(c2ccccc2F)/C1=C(\O)c1ccccc1. The van der Waals surface area contributed by atoms with Crippen molar-refractivity contribution in [3.05, 3.63) is 107 Å². The molecule has 0 aromatic heterocycles. The molecule has 162 valence electrons. The number of halogens is 4. The molecule has 0 bridgehead atoms. The van der Waals surface area contributed by atoms with Gasteiger partial charge in [0.15, 0.2) is 0 Å². The van der Waals surface area contributed by atoms with Crippen LogP contribution in [-0.2, 0) is 15.8 Å². The zero-order valence-corrected chi connectivity index (χ0v) is 16.3. The number of rotatable bonds is 3. The molecule has 3 aromatic carbocycles. The highest BCUT2D eigenvalue weighted by atomic mass is 19.4. The van der Waals surface area contributed by atoms with Crippen molar-refractivity contribution in [1.82, 2.24) is 0 Å². The fourth-order valence-electron chi connectivity index (χ4n) is 3.65. The van der Waals surface area contributed by atoms with Crippen LogP contribution < -0.4 is 4.90 Å². The Labute approximate surface area is 180 Å². The highest BCUT2D eigenvalue weighted by Crippen LogP contribution is 2.43. The third kappa shape index (κ3) is 3.64. The van der Waals surface area contributed by atoms with Gasteiger partial charge in [-0.2, -0.15) is 13.2 Å². The van der Waals surface area contributed by atoms with E-state index >= 15 is 0 Å². The van der Waals surface area contributed by atoms with Crippen LogP contribution in [0.15, 0.2) is 84.4 Å². The number of benzene rings is 3. The number of alkyl halides is 3. The molecule has 4 nitrogen and oxygen atoms in total. The van der Waals surface area contributed by atoms with Crippen LogP contribution >= 0.6 is 0 Å². The Kier molecular flexibility index (Phi) is 5.30. The van der Waals surface area contributed by atoms with Crippen LogP contribution in [0, 0.1) is 5.82 Å². The van der Waals surface area contributed by atoms with Crippen molar-refractivity contribution in [3.8, 4) is 0 Å². The molecular formula is C24H15F4NO3. The van der Waals surface area contributed by atoms with Gasteiger partial charge in [0.25, 0.3) is 11.7 Å². The average molecular weight is 441 g/mol. The van der Waals surface area contributed by atoms with Crippen LogP contribution in [0.1, 0.15) is 22.7 Å². The highest BCUT2D eigenvalue weighted by Gasteiger charge is 2.48. The minimum atomic E-state index is -4.59. The molecule has 8 heteroatoms. The summed E-state index contributed by atoms with van der Waals surface area (Å²) in [6.45, 7) is 0. The molecule has 1 aliphatic rings. The molecule has 1 heterocycles. The molecule has 1 N–H and O–H groups in total. The minimum absolute atomic E-state index is 0.0412. The lowest BCUT2D eigenvalue weighted by atomic mass is 9.94. The summed E-state index contributed by atoms with van der Waals surface area (Å²) < 4.78 is 53.6. The van der Waals surface area contributed by atoms with Crippen LogP contribution in [0.3, 0.4) is 0 Å². The largest absolute Gasteiger partial charge is 0.507 e. The summed E-state index contributed by atoms with van der Waals surface area (Å²) in [5, 5.41) is 10.9. The average Bonchev–Trinajstić information content (AvgIpc) is 3.04. The second-order valence-electron chi connectivity index (χ2n) is 7.10. The lowest BCUT2D eigenvalue weighted by Crippen LogP contribution is -2.30. The first kappa shape index (κ1) is 21.3. The minimum Gasteiger partial charge on any atom is -0.507 e. The Morgan fingerprint density at radius 1 is 0.844 bits per heavy atom. The van der Waals surface area contributed by atoms with E-state index in [1.54, 1.807) is 18.2 Å². The molecule has 1 unspecified atom stereocenters. The number of aliphatic hydroxyl groups is 1. The number of Topliss-reactive ketones (excluding diaryl/α,β-unsaturated/α-hetero) is 1. The zero-order chi connectivity index (χ0) is 23.0. The first-order chi connectivity index (χ1) is 15.2. The van der Waals surface area contributed by atoms with E-state index in [-0.39, 0.29) is 22.4 Å². The van der Waals surface area contributed by atoms with Gasteiger partial charge in [0, 0.05) is 16.8 Å². The topological polar surface area (TPSA) is 57.6 Å². The monoisotopic (exact) mass is 441 g/mol. The molecular weight excluding hydrogens is 426 g/mol. The van der Waals surface area contributed by atoms with Crippen molar-refractivity contribution in [2.75, 3.05) is 4.90 Å². The first-order valence-corrected chi connectivity index (χ1v) is 9.48. The predicted molar refractivity (Wildman–Crippen MR) is 109 cm³/mol. The number of carbonyl (C=O) groups is 2. The van der Waals surface area contributed by atoms with Gasteiger partial charge >= 0.3 is 6.18 Å². The van der Waals surface area contributed by atoms with E-state index in [1.807, 2.05) is 0 Å². The summed E-state index contributed by atoms with van der Waals surface area (Å²) in [5.74, 6) is -3.41. The number of carbonyl (C=O) groups excluding carboxylic acids is 2. The van der Waals surface area contributed by atoms with Gasteiger partial charge in [0.05, 0.1) is 17.2 Å². The summed E-state index contributed by atoms with van der Waals surface area (Å²) in [5.41, 5.74) is -1.18. The molecule has 0 aliphatic carbocycles. The molecule has 1 saturated heterocycles. The lowest BCUT2D eigenvalue weighted by Gasteiger charge is -2.26. The Balaban J connectivity index is 1.92. The summed E-state index contributed by atoms with van der Waals surface area (Å²) >= 11 is 0. The van der Waals surface area contributed by atoms with Crippen LogP contribution in [0.4, 0.5) is 23.2 Å². The molecule has 1 aliphatic heterocycles. The number of anilines is 1. The normalized spacial score (nSPS) is 18.2. The van der Waals surface area contributed by atoms with E-state index in [0.717, 1.165) is 35.2 Å². The van der Waals surface area contributed by atoms with Gasteiger partial charge in [-0.15, -0.1) is 0 Å². The van der Waals surface area contributed by atoms with Gasteiger partial charge in [0.2, 0.25) is 0 Å². The van der Waals surface area contributed by atoms with Crippen molar-refractivity contribution in [1.29, 1.82) is 0 Å². The van der Waals surface area contributed by atoms with Gasteiger partial charge in [-0.1, -0.05) is 48.5 Å². The predicted octanol–water partition coefficient (Wildman–Crippen LogP) is 5.47. The van der Waals surface area contributed by atoms with Crippen molar-refractivity contribution in [2.45, 2.75) is 12.2 Å². The van der Waals surface area contributed by atoms with Gasteiger partial charge in [0.1, 0.15) is 11.6 Å². The van der Waals surface area contributed by atoms with Crippen LogP contribution in [-0.4, -0.2) is 16.8 Å². The van der Waals surface area contributed by atoms with E-state index in [2.05, 4.69) is 0 Å². The summed E-state index contributed by atoms with van der Waals surface area (Å²) in [4.78, 5) is 26.7. The van der Waals surface area contributed by atoms with Crippen molar-refractivity contribution < 1.29 is 32.3 Å². The second-order valence-corrected chi connectivity index (χ2v) is 7.10. The maximum Gasteiger partial charge on any atom is 0.416 e. The third-order valence-corrected chi connectivity index (χ3v) is 5.16. The molecule has 4 rings (SSSR count). The summed E-state index contributed by atoms with van der Waals surface area (Å²) in [7, 11) is 0. The highest BCUT2D eigenvalue weighted by molar-refractivity contribution is 6.51. The number of aliphatic hydroxyl groups excluding tert-OH is 1. The zero-order valence-electron chi connectivity index (χ0n) is 16.3. The number of hydrogen-bond acceptors (Lipinski definition) is 3. The number of amides is 1. The molecule has 0 spiro atoms. The number of nitrogens with zero attached hydrogens (tertiary/aromatic N) is 1. The molecule has 3 aromatic rings. The van der Waals surface area contributed by atoms with Gasteiger partial charge < -0.3 is 5.11 Å². The Bertz CT molecular complexity index is 1220. The van der Waals surface area contributed by atoms with E-state index in [9.17, 15) is 32.3 Å². The molecule has 32 heavy (non-hydrogen) atoms. The van der Waals surface area contributed by atoms with Gasteiger partial charge in [-0.25, -0.2) is 4.39 Å². The Hall–Kier alpha value is -3.94. The van der Waals surface area contributed by atoms with E-state index in [1.165, 1.54) is 30.3 Å². The fourth-order valence-corrected chi connectivity index (χ4v) is 3.65. The van der Waals surface area contributed by atoms with E-state index in [0.29, 0.717) is 0 Å². The van der Waals surface area contributed by atoms with Crippen molar-refractivity contribution in [2.24, 2.45) is 0 Å². The van der Waals surface area contributed by atoms with Gasteiger partial charge in [-0.3, -0.25) is 14.5 Å². The smallest absolute Gasteiger partial charge is 0.416 e. The van der Waals surface area contributed by atoms with Crippen LogP contribution in [0.2, 0.25) is 0 Å². The van der Waals surface area contributed by atoms with Crippen LogP contribution in [0.5, 0.6) is 0 Å². The molecule has 0 saturated carbocycles. The first-order valence-electron chi connectivity index (χ1n) is 9.48. The summed E-state index contributed by atoms with van der Waals surface area (Å²) in [6.07, 6.45) is -4.59. The third-order valence-electron chi connectivity index (χ3n) is 5.16. The lowest BCUT2D eigenvalue weighted by molar-refractivity contribution is -0.137.